The Kier molecular flexibility index (Phi) is 4.91. The van der Waals surface area contributed by atoms with Crippen LogP contribution in [0.1, 0.15) is 42.1 Å². The van der Waals surface area contributed by atoms with Crippen LogP contribution in [-0.2, 0) is 6.42 Å². The largest absolute Gasteiger partial charge is 0.306 e. The highest BCUT2D eigenvalue weighted by Crippen LogP contribution is 2.26. The molecule has 1 nitrogen and oxygen atoms in total. The summed E-state index contributed by atoms with van der Waals surface area (Å²) in [4.78, 5) is 0. The van der Waals surface area contributed by atoms with Crippen LogP contribution in [0.2, 0.25) is 0 Å². The van der Waals surface area contributed by atoms with Gasteiger partial charge in [-0.05, 0) is 37.1 Å². The minimum absolute atomic E-state index is 0.0913. The molecule has 0 bridgehead atoms. The quantitative estimate of drug-likeness (QED) is 0.850. The van der Waals surface area contributed by atoms with Gasteiger partial charge in [0.1, 0.15) is 5.82 Å². The highest BCUT2D eigenvalue weighted by molar-refractivity contribution is 5.36. The predicted molar refractivity (Wildman–Crippen MR) is 82.5 cm³/mol. The lowest BCUT2D eigenvalue weighted by Crippen LogP contribution is -2.23. The van der Waals surface area contributed by atoms with Gasteiger partial charge in [-0.1, -0.05) is 55.8 Å². The second kappa shape index (κ2) is 6.67. The average molecular weight is 271 g/mol. The first-order chi connectivity index (χ1) is 9.65. The van der Waals surface area contributed by atoms with Crippen molar-refractivity contribution in [2.75, 3.05) is 6.54 Å². The lowest BCUT2D eigenvalue weighted by molar-refractivity contribution is 0.558. The molecule has 1 N–H and O–H groups in total. The molecule has 0 amide bonds. The van der Waals surface area contributed by atoms with Crippen LogP contribution in [0.25, 0.3) is 0 Å². The Labute approximate surface area is 120 Å². The molecule has 1 atom stereocenters. The van der Waals surface area contributed by atoms with Gasteiger partial charge in [0.05, 0.1) is 6.04 Å². The minimum Gasteiger partial charge on any atom is -0.306 e. The molecule has 0 radical (unpaired) electrons. The summed E-state index contributed by atoms with van der Waals surface area (Å²) in [6, 6.07) is 13.6. The van der Waals surface area contributed by atoms with E-state index in [0.29, 0.717) is 0 Å². The van der Waals surface area contributed by atoms with Crippen molar-refractivity contribution >= 4 is 0 Å². The smallest absolute Gasteiger partial charge is 0.128 e. The van der Waals surface area contributed by atoms with E-state index in [1.807, 2.05) is 32.0 Å². The summed E-state index contributed by atoms with van der Waals surface area (Å²) in [7, 11) is 0. The average Bonchev–Trinajstić information content (AvgIpc) is 2.47. The Morgan fingerprint density at radius 3 is 2.60 bits per heavy atom. The summed E-state index contributed by atoms with van der Waals surface area (Å²) >= 11 is 0. The Balaban J connectivity index is 2.46. The van der Waals surface area contributed by atoms with E-state index in [2.05, 4.69) is 30.4 Å². The number of hydrogen-bond acceptors (Lipinski definition) is 1. The summed E-state index contributed by atoms with van der Waals surface area (Å²) in [6.07, 6.45) is 0.989. The third kappa shape index (κ3) is 3.26. The number of aryl methyl sites for hydroxylation is 2. The zero-order valence-corrected chi connectivity index (χ0v) is 12.4. The van der Waals surface area contributed by atoms with Crippen LogP contribution in [0.3, 0.4) is 0 Å². The monoisotopic (exact) mass is 271 g/mol. The first-order valence-corrected chi connectivity index (χ1v) is 7.24. The minimum atomic E-state index is -0.150. The molecule has 0 aliphatic rings. The van der Waals surface area contributed by atoms with Crippen molar-refractivity contribution in [3.8, 4) is 0 Å². The third-order valence-electron chi connectivity index (χ3n) is 3.56. The molecule has 1 unspecified atom stereocenters. The first kappa shape index (κ1) is 14.7. The van der Waals surface area contributed by atoms with Crippen LogP contribution in [0, 0.1) is 12.7 Å². The van der Waals surface area contributed by atoms with Gasteiger partial charge in [0.25, 0.3) is 0 Å². The molecular formula is C18H22FN. The van der Waals surface area contributed by atoms with Gasteiger partial charge in [-0.2, -0.15) is 0 Å². The summed E-state index contributed by atoms with van der Waals surface area (Å²) < 4.78 is 14.2. The van der Waals surface area contributed by atoms with E-state index in [1.54, 1.807) is 6.07 Å². The highest BCUT2D eigenvalue weighted by atomic mass is 19.1. The van der Waals surface area contributed by atoms with Crippen molar-refractivity contribution in [2.45, 2.75) is 33.2 Å². The second-order valence-corrected chi connectivity index (χ2v) is 5.11. The van der Waals surface area contributed by atoms with Gasteiger partial charge >= 0.3 is 0 Å². The van der Waals surface area contributed by atoms with Crippen LogP contribution >= 0.6 is 0 Å². The third-order valence-corrected chi connectivity index (χ3v) is 3.56. The molecule has 0 aliphatic heterocycles. The Hall–Kier alpha value is -1.67. The standard InChI is InChI=1S/C18H22FN/c1-4-14-7-6-8-15(12-14)18(20-5-2)16-11-13(3)9-10-17(16)19/h6-12,18,20H,4-5H2,1-3H3. The molecule has 0 saturated heterocycles. The van der Waals surface area contributed by atoms with E-state index in [1.165, 1.54) is 5.56 Å². The molecule has 0 saturated carbocycles. The molecular weight excluding hydrogens is 249 g/mol. The van der Waals surface area contributed by atoms with Crippen LogP contribution < -0.4 is 5.32 Å². The van der Waals surface area contributed by atoms with Crippen molar-refractivity contribution in [1.29, 1.82) is 0 Å². The molecule has 2 aromatic rings. The Morgan fingerprint density at radius 2 is 1.90 bits per heavy atom. The van der Waals surface area contributed by atoms with Crippen molar-refractivity contribution in [2.24, 2.45) is 0 Å². The van der Waals surface area contributed by atoms with Gasteiger partial charge in [0, 0.05) is 5.56 Å². The Morgan fingerprint density at radius 1 is 1.10 bits per heavy atom. The molecule has 0 heterocycles. The van der Waals surface area contributed by atoms with E-state index in [0.717, 1.165) is 29.7 Å². The lowest BCUT2D eigenvalue weighted by Gasteiger charge is -2.20. The fourth-order valence-corrected chi connectivity index (χ4v) is 2.49. The van der Waals surface area contributed by atoms with Gasteiger partial charge in [0.15, 0.2) is 0 Å². The maximum atomic E-state index is 14.2. The molecule has 0 aliphatic carbocycles. The summed E-state index contributed by atoms with van der Waals surface area (Å²) in [5, 5.41) is 3.39. The normalized spacial score (nSPS) is 12.4. The summed E-state index contributed by atoms with van der Waals surface area (Å²) in [5.74, 6) is -0.150. The molecule has 2 heteroatoms. The lowest BCUT2D eigenvalue weighted by atomic mass is 9.95. The van der Waals surface area contributed by atoms with Gasteiger partial charge in [-0.15, -0.1) is 0 Å². The fourth-order valence-electron chi connectivity index (χ4n) is 2.49. The number of rotatable bonds is 5. The van der Waals surface area contributed by atoms with Crippen molar-refractivity contribution in [3.63, 3.8) is 0 Å². The maximum Gasteiger partial charge on any atom is 0.128 e. The van der Waals surface area contributed by atoms with E-state index in [4.69, 9.17) is 0 Å². The number of benzene rings is 2. The molecule has 2 rings (SSSR count). The zero-order valence-electron chi connectivity index (χ0n) is 12.4. The molecule has 0 spiro atoms. The van der Waals surface area contributed by atoms with Crippen molar-refractivity contribution in [1.82, 2.24) is 5.32 Å². The second-order valence-electron chi connectivity index (χ2n) is 5.11. The van der Waals surface area contributed by atoms with E-state index in [-0.39, 0.29) is 11.9 Å². The van der Waals surface area contributed by atoms with Crippen LogP contribution in [0.15, 0.2) is 42.5 Å². The predicted octanol–water partition coefficient (Wildman–Crippen LogP) is 4.40. The van der Waals surface area contributed by atoms with E-state index in [9.17, 15) is 4.39 Å². The van der Waals surface area contributed by atoms with Crippen LogP contribution in [-0.4, -0.2) is 6.54 Å². The molecule has 2 aromatic carbocycles. The van der Waals surface area contributed by atoms with Gasteiger partial charge in [0.2, 0.25) is 0 Å². The van der Waals surface area contributed by atoms with Crippen molar-refractivity contribution < 1.29 is 4.39 Å². The van der Waals surface area contributed by atoms with Gasteiger partial charge in [-0.25, -0.2) is 4.39 Å². The van der Waals surface area contributed by atoms with Gasteiger partial charge < -0.3 is 5.32 Å². The molecule has 106 valence electrons. The number of halogens is 1. The SMILES string of the molecule is CCNC(c1cccc(CC)c1)c1cc(C)ccc1F. The van der Waals surface area contributed by atoms with Gasteiger partial charge in [-0.3, -0.25) is 0 Å². The Bertz CT molecular complexity index is 577. The summed E-state index contributed by atoms with van der Waals surface area (Å²) in [5.41, 5.74) is 4.20. The topological polar surface area (TPSA) is 12.0 Å². The van der Waals surface area contributed by atoms with E-state index >= 15 is 0 Å². The zero-order chi connectivity index (χ0) is 14.5. The fraction of sp³-hybridized carbons (Fsp3) is 0.333. The molecule has 20 heavy (non-hydrogen) atoms. The van der Waals surface area contributed by atoms with E-state index < -0.39 is 0 Å². The number of nitrogens with one attached hydrogen (secondary N) is 1. The molecule has 0 fully saturated rings. The maximum absolute atomic E-state index is 14.2. The number of hydrogen-bond donors (Lipinski definition) is 1. The first-order valence-electron chi connectivity index (χ1n) is 7.24. The molecule has 0 aromatic heterocycles. The van der Waals surface area contributed by atoms with Crippen LogP contribution in [0.5, 0.6) is 0 Å². The van der Waals surface area contributed by atoms with Crippen LogP contribution in [0.4, 0.5) is 4.39 Å². The van der Waals surface area contributed by atoms with Crippen molar-refractivity contribution in [3.05, 3.63) is 70.5 Å². The highest BCUT2D eigenvalue weighted by Gasteiger charge is 2.17. The summed E-state index contributed by atoms with van der Waals surface area (Å²) in [6.45, 7) is 6.97.